The lowest BCUT2D eigenvalue weighted by atomic mass is 9.96. The summed E-state index contributed by atoms with van der Waals surface area (Å²) in [7, 11) is 0. The Labute approximate surface area is 113 Å². The molecule has 18 heavy (non-hydrogen) atoms. The number of amides is 1. The lowest BCUT2D eigenvalue weighted by Gasteiger charge is -2.19. The van der Waals surface area contributed by atoms with E-state index in [1.807, 2.05) is 17.5 Å². The van der Waals surface area contributed by atoms with E-state index in [2.05, 4.69) is 19.2 Å². The number of carbonyl (C=O) groups excluding carboxylic acids is 1. The van der Waals surface area contributed by atoms with Crippen LogP contribution in [0.15, 0.2) is 23.6 Å². The summed E-state index contributed by atoms with van der Waals surface area (Å²) in [5.74, 6) is 0.0972. The molecule has 1 rings (SSSR count). The molecule has 0 aliphatic heterocycles. The highest BCUT2D eigenvalue weighted by Crippen LogP contribution is 2.12. The van der Waals surface area contributed by atoms with Crippen LogP contribution in [0.2, 0.25) is 0 Å². The van der Waals surface area contributed by atoms with Gasteiger partial charge in [-0.25, -0.2) is 0 Å². The maximum Gasteiger partial charge on any atom is 0.244 e. The van der Waals surface area contributed by atoms with E-state index in [0.717, 1.165) is 17.7 Å². The Bertz CT molecular complexity index is 369. The fraction of sp³-hybridized carbons (Fsp3) is 0.500. The van der Waals surface area contributed by atoms with Crippen LogP contribution >= 0.6 is 11.3 Å². The van der Waals surface area contributed by atoms with Gasteiger partial charge in [0, 0.05) is 17.5 Å². The molecular weight excluding hydrogens is 246 g/mol. The van der Waals surface area contributed by atoms with Gasteiger partial charge >= 0.3 is 0 Å². The number of hydrogen-bond acceptors (Lipinski definition) is 3. The van der Waals surface area contributed by atoms with Crippen molar-refractivity contribution in [1.82, 2.24) is 5.32 Å². The first-order chi connectivity index (χ1) is 8.67. The van der Waals surface area contributed by atoms with Crippen LogP contribution in [-0.2, 0) is 4.79 Å². The molecule has 2 N–H and O–H groups in total. The maximum atomic E-state index is 11.5. The molecule has 1 heterocycles. The first kappa shape index (κ1) is 14.9. The Hall–Kier alpha value is -1.13. The van der Waals surface area contributed by atoms with Crippen molar-refractivity contribution in [2.45, 2.75) is 32.8 Å². The van der Waals surface area contributed by atoms with Gasteiger partial charge in [-0.3, -0.25) is 4.79 Å². The Morgan fingerprint density at radius 1 is 1.50 bits per heavy atom. The van der Waals surface area contributed by atoms with Crippen molar-refractivity contribution >= 4 is 23.3 Å². The quantitative estimate of drug-likeness (QED) is 0.746. The van der Waals surface area contributed by atoms with Gasteiger partial charge in [-0.2, -0.15) is 0 Å². The van der Waals surface area contributed by atoms with E-state index in [1.54, 1.807) is 17.4 Å². The average molecular weight is 267 g/mol. The van der Waals surface area contributed by atoms with Crippen LogP contribution in [-0.4, -0.2) is 23.7 Å². The van der Waals surface area contributed by atoms with Crippen LogP contribution < -0.4 is 5.32 Å². The highest BCUT2D eigenvalue weighted by atomic mass is 32.1. The molecule has 0 fully saturated rings. The normalized spacial score (nSPS) is 13.1. The SMILES string of the molecule is CCC(CC)C(O)CNC(=O)/C=C/c1cccs1. The number of aliphatic hydroxyl groups is 1. The molecule has 0 aromatic carbocycles. The van der Waals surface area contributed by atoms with Crippen LogP contribution in [0, 0.1) is 5.92 Å². The van der Waals surface area contributed by atoms with E-state index in [9.17, 15) is 9.90 Å². The summed E-state index contributed by atoms with van der Waals surface area (Å²) in [6.45, 7) is 4.42. The molecule has 1 aromatic rings. The monoisotopic (exact) mass is 267 g/mol. The molecular formula is C14H21NO2S. The van der Waals surface area contributed by atoms with E-state index < -0.39 is 6.10 Å². The molecule has 1 amide bonds. The molecule has 0 saturated heterocycles. The highest BCUT2D eigenvalue weighted by Gasteiger charge is 2.15. The number of aliphatic hydroxyl groups excluding tert-OH is 1. The summed E-state index contributed by atoms with van der Waals surface area (Å²) in [6, 6.07) is 3.90. The standard InChI is InChI=1S/C14H21NO2S/c1-3-11(4-2)13(16)10-15-14(17)8-7-12-6-5-9-18-12/h5-9,11,13,16H,3-4,10H2,1-2H3,(H,15,17)/b8-7+. The van der Waals surface area contributed by atoms with Gasteiger partial charge in [0.1, 0.15) is 0 Å². The number of hydrogen-bond donors (Lipinski definition) is 2. The predicted molar refractivity (Wildman–Crippen MR) is 76.4 cm³/mol. The zero-order valence-corrected chi connectivity index (χ0v) is 11.7. The smallest absolute Gasteiger partial charge is 0.244 e. The van der Waals surface area contributed by atoms with Crippen molar-refractivity contribution in [1.29, 1.82) is 0 Å². The third-order valence-electron chi connectivity index (χ3n) is 3.02. The van der Waals surface area contributed by atoms with Crippen LogP contribution in [0.3, 0.4) is 0 Å². The summed E-state index contributed by atoms with van der Waals surface area (Å²) < 4.78 is 0. The summed E-state index contributed by atoms with van der Waals surface area (Å²) in [5.41, 5.74) is 0. The van der Waals surface area contributed by atoms with Crippen LogP contribution in [0.25, 0.3) is 6.08 Å². The third-order valence-corrected chi connectivity index (χ3v) is 3.86. The van der Waals surface area contributed by atoms with E-state index in [1.165, 1.54) is 6.08 Å². The molecule has 3 nitrogen and oxygen atoms in total. The minimum Gasteiger partial charge on any atom is -0.391 e. The van der Waals surface area contributed by atoms with Gasteiger partial charge in [0.15, 0.2) is 0 Å². The van der Waals surface area contributed by atoms with Crippen molar-refractivity contribution < 1.29 is 9.90 Å². The summed E-state index contributed by atoms with van der Waals surface area (Å²) in [6.07, 6.45) is 4.69. The average Bonchev–Trinajstić information content (AvgIpc) is 2.88. The van der Waals surface area contributed by atoms with Gasteiger partial charge in [-0.1, -0.05) is 32.8 Å². The van der Waals surface area contributed by atoms with Gasteiger partial charge in [0.25, 0.3) is 0 Å². The molecule has 1 unspecified atom stereocenters. The van der Waals surface area contributed by atoms with Gasteiger partial charge in [0.2, 0.25) is 5.91 Å². The summed E-state index contributed by atoms with van der Waals surface area (Å²) >= 11 is 1.59. The van der Waals surface area contributed by atoms with Gasteiger partial charge in [-0.05, 0) is 23.4 Å². The second-order valence-corrected chi connectivity index (χ2v) is 5.22. The van der Waals surface area contributed by atoms with Crippen molar-refractivity contribution in [3.8, 4) is 0 Å². The largest absolute Gasteiger partial charge is 0.391 e. The van der Waals surface area contributed by atoms with Crippen molar-refractivity contribution in [3.63, 3.8) is 0 Å². The zero-order chi connectivity index (χ0) is 13.4. The Morgan fingerprint density at radius 2 is 2.22 bits per heavy atom. The first-order valence-electron chi connectivity index (χ1n) is 6.34. The molecule has 4 heteroatoms. The van der Waals surface area contributed by atoms with Crippen LogP contribution in [0.4, 0.5) is 0 Å². The molecule has 0 radical (unpaired) electrons. The molecule has 0 spiro atoms. The molecule has 100 valence electrons. The lowest BCUT2D eigenvalue weighted by Crippen LogP contribution is -2.35. The molecule has 0 bridgehead atoms. The Morgan fingerprint density at radius 3 is 2.78 bits per heavy atom. The van der Waals surface area contributed by atoms with Gasteiger partial charge in [0.05, 0.1) is 6.10 Å². The highest BCUT2D eigenvalue weighted by molar-refractivity contribution is 7.10. The topological polar surface area (TPSA) is 49.3 Å². The van der Waals surface area contributed by atoms with E-state index in [4.69, 9.17) is 0 Å². The molecule has 0 saturated carbocycles. The molecule has 0 aliphatic carbocycles. The second kappa shape index (κ2) is 8.06. The predicted octanol–water partition coefficient (Wildman–Crippen LogP) is 2.67. The van der Waals surface area contributed by atoms with Crippen molar-refractivity contribution in [2.75, 3.05) is 6.54 Å². The zero-order valence-electron chi connectivity index (χ0n) is 10.9. The Balaban J connectivity index is 2.33. The number of thiophene rings is 1. The molecule has 0 aliphatic rings. The molecule has 1 aromatic heterocycles. The van der Waals surface area contributed by atoms with Crippen LogP contribution in [0.5, 0.6) is 0 Å². The lowest BCUT2D eigenvalue weighted by molar-refractivity contribution is -0.117. The van der Waals surface area contributed by atoms with Crippen LogP contribution in [0.1, 0.15) is 31.6 Å². The summed E-state index contributed by atoms with van der Waals surface area (Å²) in [5, 5.41) is 14.6. The fourth-order valence-corrected chi connectivity index (χ4v) is 2.43. The number of nitrogens with one attached hydrogen (secondary N) is 1. The Kier molecular flexibility index (Phi) is 6.68. The minimum absolute atomic E-state index is 0.159. The molecule has 1 atom stereocenters. The van der Waals surface area contributed by atoms with E-state index in [-0.39, 0.29) is 11.8 Å². The van der Waals surface area contributed by atoms with E-state index in [0.29, 0.717) is 6.54 Å². The second-order valence-electron chi connectivity index (χ2n) is 4.24. The summed E-state index contributed by atoms with van der Waals surface area (Å²) in [4.78, 5) is 12.6. The first-order valence-corrected chi connectivity index (χ1v) is 7.22. The van der Waals surface area contributed by atoms with Gasteiger partial charge < -0.3 is 10.4 Å². The third kappa shape index (κ3) is 5.02. The van der Waals surface area contributed by atoms with Gasteiger partial charge in [-0.15, -0.1) is 11.3 Å². The maximum absolute atomic E-state index is 11.5. The number of rotatable bonds is 7. The van der Waals surface area contributed by atoms with Crippen molar-refractivity contribution in [2.24, 2.45) is 5.92 Å². The fourth-order valence-electron chi connectivity index (χ4n) is 1.81. The number of carbonyl (C=O) groups is 1. The van der Waals surface area contributed by atoms with Crippen molar-refractivity contribution in [3.05, 3.63) is 28.5 Å². The van der Waals surface area contributed by atoms with E-state index >= 15 is 0 Å². The minimum atomic E-state index is -0.459.